The van der Waals surface area contributed by atoms with Gasteiger partial charge in [0.15, 0.2) is 17.4 Å². The van der Waals surface area contributed by atoms with Gasteiger partial charge in [-0.15, -0.1) is 11.8 Å². The summed E-state index contributed by atoms with van der Waals surface area (Å²) in [6.07, 6.45) is 1.86. The fraction of sp³-hybridized carbons (Fsp3) is 0.0714. The second-order valence-corrected chi connectivity index (χ2v) is 4.70. The molecule has 4 nitrogen and oxygen atoms in total. The molecule has 3 N–H and O–H groups in total. The molecule has 0 atom stereocenters. The first-order chi connectivity index (χ1) is 9.67. The third-order valence-electron chi connectivity index (χ3n) is 2.63. The number of halogens is 1. The zero-order chi connectivity index (χ0) is 14.5. The van der Waals surface area contributed by atoms with Crippen molar-refractivity contribution in [2.24, 2.45) is 10.9 Å². The van der Waals surface area contributed by atoms with E-state index in [0.29, 0.717) is 11.3 Å². The summed E-state index contributed by atoms with van der Waals surface area (Å²) in [7, 11) is 0. The molecule has 0 aromatic heterocycles. The molecule has 0 unspecified atom stereocenters. The molecule has 104 valence electrons. The first kappa shape index (κ1) is 14.2. The molecule has 6 heteroatoms. The van der Waals surface area contributed by atoms with Crippen molar-refractivity contribution < 1.29 is 14.3 Å². The summed E-state index contributed by atoms with van der Waals surface area (Å²) in [5, 5.41) is 11.9. The van der Waals surface area contributed by atoms with E-state index in [-0.39, 0.29) is 11.6 Å². The second kappa shape index (κ2) is 6.29. The van der Waals surface area contributed by atoms with Gasteiger partial charge in [0, 0.05) is 4.90 Å². The summed E-state index contributed by atoms with van der Waals surface area (Å²) < 4.78 is 19.2. The van der Waals surface area contributed by atoms with E-state index in [0.717, 1.165) is 4.90 Å². The number of oxime groups is 1. The largest absolute Gasteiger partial charge is 0.453 e. The highest BCUT2D eigenvalue weighted by Gasteiger charge is 2.15. The maximum atomic E-state index is 13.6. The van der Waals surface area contributed by atoms with Gasteiger partial charge in [0.05, 0.1) is 5.56 Å². The Morgan fingerprint density at radius 3 is 2.55 bits per heavy atom. The number of benzene rings is 2. The van der Waals surface area contributed by atoms with Gasteiger partial charge in [-0.25, -0.2) is 4.39 Å². The molecular formula is C14H13FN2O2S. The maximum absolute atomic E-state index is 13.6. The molecule has 0 saturated heterocycles. The molecule has 2 rings (SSSR count). The van der Waals surface area contributed by atoms with Gasteiger partial charge >= 0.3 is 0 Å². The van der Waals surface area contributed by atoms with Crippen LogP contribution < -0.4 is 10.5 Å². The van der Waals surface area contributed by atoms with Gasteiger partial charge in [0.25, 0.3) is 0 Å². The van der Waals surface area contributed by atoms with Crippen molar-refractivity contribution in [1.82, 2.24) is 0 Å². The number of ether oxygens (including phenoxy) is 1. The van der Waals surface area contributed by atoms with Gasteiger partial charge < -0.3 is 15.7 Å². The fourth-order valence-electron chi connectivity index (χ4n) is 1.71. The molecule has 0 aliphatic carbocycles. The number of amidine groups is 1. The van der Waals surface area contributed by atoms with Gasteiger partial charge in [-0.1, -0.05) is 23.4 Å². The highest BCUT2D eigenvalue weighted by atomic mass is 32.2. The molecule has 2 aromatic carbocycles. The Morgan fingerprint density at radius 1 is 1.20 bits per heavy atom. The molecule has 0 bridgehead atoms. The number of rotatable bonds is 4. The molecule has 0 spiro atoms. The topological polar surface area (TPSA) is 67.8 Å². The molecule has 0 radical (unpaired) electrons. The predicted molar refractivity (Wildman–Crippen MR) is 77.2 cm³/mol. The van der Waals surface area contributed by atoms with Crippen LogP contribution in [-0.2, 0) is 0 Å². The van der Waals surface area contributed by atoms with E-state index in [4.69, 9.17) is 15.7 Å². The maximum Gasteiger partial charge on any atom is 0.175 e. The van der Waals surface area contributed by atoms with E-state index in [1.165, 1.54) is 23.9 Å². The molecule has 20 heavy (non-hydrogen) atoms. The average molecular weight is 292 g/mol. The Hall–Kier alpha value is -2.21. The van der Waals surface area contributed by atoms with Crippen LogP contribution in [0.3, 0.4) is 0 Å². The second-order valence-electron chi connectivity index (χ2n) is 3.85. The number of hydrogen-bond acceptors (Lipinski definition) is 4. The Kier molecular flexibility index (Phi) is 4.47. The Bertz CT molecular complexity index is 647. The number of hydrogen-bond donors (Lipinski definition) is 2. The molecule has 2 aromatic rings. The zero-order valence-corrected chi connectivity index (χ0v) is 11.5. The Labute approximate surface area is 120 Å². The quantitative estimate of drug-likeness (QED) is 0.298. The minimum Gasteiger partial charge on any atom is -0.453 e. The third kappa shape index (κ3) is 2.85. The molecule has 0 heterocycles. The molecule has 0 aliphatic rings. The first-order valence-corrected chi connectivity index (χ1v) is 6.97. The van der Waals surface area contributed by atoms with Crippen molar-refractivity contribution in [3.63, 3.8) is 0 Å². The van der Waals surface area contributed by atoms with E-state index >= 15 is 0 Å². The number of thioether (sulfide) groups is 1. The number of nitrogens with zero attached hydrogens (tertiary/aromatic N) is 1. The minimum absolute atomic E-state index is 0.0812. The molecule has 0 amide bonds. The van der Waals surface area contributed by atoms with Crippen LogP contribution in [0, 0.1) is 5.82 Å². The summed E-state index contributed by atoms with van der Waals surface area (Å²) in [6, 6.07) is 11.3. The SMILES string of the molecule is CSc1cccc(Oc2ccccc2F)c1/C(N)=N/O. The normalized spacial score (nSPS) is 11.4. The van der Waals surface area contributed by atoms with Gasteiger partial charge in [0.1, 0.15) is 5.75 Å². The standard InChI is InChI=1S/C14H13FN2O2S/c1-20-12-8-4-7-11(13(12)14(16)17-18)19-10-6-3-2-5-9(10)15/h2-8,18H,1H3,(H2,16,17). The smallest absolute Gasteiger partial charge is 0.175 e. The van der Waals surface area contributed by atoms with Crippen LogP contribution >= 0.6 is 11.8 Å². The van der Waals surface area contributed by atoms with Crippen molar-refractivity contribution in [3.8, 4) is 11.5 Å². The fourth-order valence-corrected chi connectivity index (χ4v) is 2.34. The van der Waals surface area contributed by atoms with Crippen LogP contribution in [0.1, 0.15) is 5.56 Å². The van der Waals surface area contributed by atoms with Crippen LogP contribution in [0.2, 0.25) is 0 Å². The lowest BCUT2D eigenvalue weighted by atomic mass is 10.2. The van der Waals surface area contributed by atoms with Crippen molar-refractivity contribution in [2.45, 2.75) is 4.90 Å². The zero-order valence-electron chi connectivity index (χ0n) is 10.7. The summed E-state index contributed by atoms with van der Waals surface area (Å²) in [5.74, 6) is -0.149. The number of nitrogens with two attached hydrogens (primary N) is 1. The van der Waals surface area contributed by atoms with Crippen LogP contribution in [0.5, 0.6) is 11.5 Å². The van der Waals surface area contributed by atoms with Gasteiger partial charge in [0.2, 0.25) is 0 Å². The van der Waals surface area contributed by atoms with E-state index in [2.05, 4.69) is 5.16 Å². The van der Waals surface area contributed by atoms with E-state index < -0.39 is 5.82 Å². The van der Waals surface area contributed by atoms with Gasteiger partial charge in [-0.05, 0) is 30.5 Å². The summed E-state index contributed by atoms with van der Waals surface area (Å²) in [4.78, 5) is 0.772. The lowest BCUT2D eigenvalue weighted by Gasteiger charge is -2.13. The van der Waals surface area contributed by atoms with E-state index in [1.54, 1.807) is 24.3 Å². The number of para-hydroxylation sites is 1. The average Bonchev–Trinajstić information content (AvgIpc) is 2.48. The van der Waals surface area contributed by atoms with Crippen LogP contribution in [-0.4, -0.2) is 17.3 Å². The third-order valence-corrected chi connectivity index (χ3v) is 3.41. The molecule has 0 fully saturated rings. The lowest BCUT2D eigenvalue weighted by molar-refractivity contribution is 0.318. The summed E-state index contributed by atoms with van der Waals surface area (Å²) >= 11 is 1.42. The van der Waals surface area contributed by atoms with Crippen molar-refractivity contribution >= 4 is 17.6 Å². The highest BCUT2D eigenvalue weighted by molar-refractivity contribution is 7.98. The predicted octanol–water partition coefficient (Wildman–Crippen LogP) is 3.43. The Balaban J connectivity index is 2.49. The summed E-state index contributed by atoms with van der Waals surface area (Å²) in [5.41, 5.74) is 6.11. The van der Waals surface area contributed by atoms with Gasteiger partial charge in [-0.3, -0.25) is 0 Å². The Morgan fingerprint density at radius 2 is 1.90 bits per heavy atom. The monoisotopic (exact) mass is 292 g/mol. The van der Waals surface area contributed by atoms with Crippen LogP contribution in [0.4, 0.5) is 4.39 Å². The van der Waals surface area contributed by atoms with E-state index in [1.807, 2.05) is 12.3 Å². The van der Waals surface area contributed by atoms with Crippen LogP contribution in [0.25, 0.3) is 0 Å². The minimum atomic E-state index is -0.479. The van der Waals surface area contributed by atoms with E-state index in [9.17, 15) is 4.39 Å². The molecular weight excluding hydrogens is 279 g/mol. The van der Waals surface area contributed by atoms with Crippen molar-refractivity contribution in [3.05, 3.63) is 53.8 Å². The summed E-state index contributed by atoms with van der Waals surface area (Å²) in [6.45, 7) is 0. The lowest BCUT2D eigenvalue weighted by Crippen LogP contribution is -2.15. The first-order valence-electron chi connectivity index (χ1n) is 5.74. The molecule has 0 saturated carbocycles. The van der Waals surface area contributed by atoms with Crippen molar-refractivity contribution in [2.75, 3.05) is 6.26 Å². The van der Waals surface area contributed by atoms with Crippen molar-refractivity contribution in [1.29, 1.82) is 0 Å². The highest BCUT2D eigenvalue weighted by Crippen LogP contribution is 2.32. The van der Waals surface area contributed by atoms with Gasteiger partial charge in [-0.2, -0.15) is 0 Å². The molecule has 0 aliphatic heterocycles. The van der Waals surface area contributed by atoms with Crippen LogP contribution in [0.15, 0.2) is 52.5 Å².